The molecule has 0 radical (unpaired) electrons. The van der Waals surface area contributed by atoms with E-state index in [0.717, 1.165) is 11.5 Å². The topological polar surface area (TPSA) is 66.4 Å². The second-order valence-electron chi connectivity index (χ2n) is 2.61. The zero-order chi connectivity index (χ0) is 10.8. The first-order valence-electron chi connectivity index (χ1n) is 4.34. The number of hydrogen-bond donors (Lipinski definition) is 2. The summed E-state index contributed by atoms with van der Waals surface area (Å²) in [5.41, 5.74) is 0. The summed E-state index contributed by atoms with van der Waals surface area (Å²) in [5.74, 6) is 0.545. The van der Waals surface area contributed by atoms with Gasteiger partial charge in [-0.2, -0.15) is 11.8 Å². The zero-order valence-corrected chi connectivity index (χ0v) is 8.81. The number of amides is 1. The van der Waals surface area contributed by atoms with Gasteiger partial charge in [-0.25, -0.2) is 0 Å². The Morgan fingerprint density at radius 1 is 1.43 bits per heavy atom. The lowest BCUT2D eigenvalue weighted by Gasteiger charge is -2.02. The van der Waals surface area contributed by atoms with Gasteiger partial charge in [0.2, 0.25) is 5.91 Å². The molecule has 0 saturated heterocycles. The molecule has 0 aromatic rings. The summed E-state index contributed by atoms with van der Waals surface area (Å²) < 4.78 is 0. The lowest BCUT2D eigenvalue weighted by Crippen LogP contribution is -2.26. The second-order valence-corrected chi connectivity index (χ2v) is 3.76. The van der Waals surface area contributed by atoms with Crippen LogP contribution in [0.4, 0.5) is 0 Å². The minimum Gasteiger partial charge on any atom is -0.481 e. The minimum atomic E-state index is -0.943. The first kappa shape index (κ1) is 13.0. The Bertz CT molecular complexity index is 206. The van der Waals surface area contributed by atoms with Gasteiger partial charge in [0.05, 0.1) is 6.42 Å². The third-order valence-corrected chi connectivity index (χ3v) is 2.33. The molecule has 80 valence electrons. The lowest BCUT2D eigenvalue weighted by atomic mass is 10.3. The van der Waals surface area contributed by atoms with Crippen molar-refractivity contribution in [2.75, 3.05) is 18.1 Å². The average molecular weight is 217 g/mol. The van der Waals surface area contributed by atoms with Gasteiger partial charge in [-0.05, 0) is 0 Å². The van der Waals surface area contributed by atoms with Gasteiger partial charge >= 0.3 is 5.97 Å². The van der Waals surface area contributed by atoms with Gasteiger partial charge in [0.1, 0.15) is 0 Å². The van der Waals surface area contributed by atoms with Crippen LogP contribution < -0.4 is 5.32 Å². The molecule has 14 heavy (non-hydrogen) atoms. The summed E-state index contributed by atoms with van der Waals surface area (Å²) in [7, 11) is 0. The van der Waals surface area contributed by atoms with Crippen molar-refractivity contribution in [3.8, 4) is 0 Å². The maximum absolute atomic E-state index is 11.0. The number of carbonyl (C=O) groups excluding carboxylic acids is 1. The first-order valence-corrected chi connectivity index (χ1v) is 5.49. The van der Waals surface area contributed by atoms with Crippen LogP contribution >= 0.6 is 11.8 Å². The van der Waals surface area contributed by atoms with Gasteiger partial charge in [0, 0.05) is 24.5 Å². The normalized spacial score (nSPS) is 9.43. The van der Waals surface area contributed by atoms with Gasteiger partial charge in [0.15, 0.2) is 0 Å². The van der Waals surface area contributed by atoms with Crippen LogP contribution in [0, 0.1) is 0 Å². The number of hydrogen-bond acceptors (Lipinski definition) is 3. The van der Waals surface area contributed by atoms with Crippen LogP contribution in [0.5, 0.6) is 0 Å². The van der Waals surface area contributed by atoms with E-state index in [1.54, 1.807) is 17.8 Å². The summed E-state index contributed by atoms with van der Waals surface area (Å²) in [4.78, 5) is 21.1. The van der Waals surface area contributed by atoms with Crippen molar-refractivity contribution < 1.29 is 14.7 Å². The highest BCUT2D eigenvalue weighted by Crippen LogP contribution is 1.97. The van der Waals surface area contributed by atoms with E-state index in [0.29, 0.717) is 6.54 Å². The molecule has 0 heterocycles. The molecule has 0 atom stereocenters. The number of rotatable bonds is 8. The summed E-state index contributed by atoms with van der Waals surface area (Å²) in [5, 5.41) is 10.9. The SMILES string of the molecule is C=CCSCCNC(=O)CCC(=O)O. The Morgan fingerprint density at radius 2 is 2.14 bits per heavy atom. The summed E-state index contributed by atoms with van der Waals surface area (Å²) >= 11 is 1.67. The van der Waals surface area contributed by atoms with Crippen LogP contribution in [0.3, 0.4) is 0 Å². The van der Waals surface area contributed by atoms with Crippen molar-refractivity contribution in [3.05, 3.63) is 12.7 Å². The maximum atomic E-state index is 11.0. The Kier molecular flexibility index (Phi) is 8.02. The molecule has 0 spiro atoms. The highest BCUT2D eigenvalue weighted by Gasteiger charge is 2.03. The number of carboxylic acids is 1. The molecule has 0 aliphatic heterocycles. The number of carboxylic acid groups (broad SMARTS) is 1. The third kappa shape index (κ3) is 9.12. The van der Waals surface area contributed by atoms with Crippen LogP contribution in [0.15, 0.2) is 12.7 Å². The van der Waals surface area contributed by atoms with Gasteiger partial charge < -0.3 is 10.4 Å². The monoisotopic (exact) mass is 217 g/mol. The molecule has 0 bridgehead atoms. The first-order chi connectivity index (χ1) is 6.66. The van der Waals surface area contributed by atoms with Gasteiger partial charge in [0.25, 0.3) is 0 Å². The number of aliphatic carboxylic acids is 1. The Labute approximate surface area is 87.8 Å². The van der Waals surface area contributed by atoms with Crippen LogP contribution in [0.1, 0.15) is 12.8 Å². The van der Waals surface area contributed by atoms with Gasteiger partial charge in [-0.15, -0.1) is 6.58 Å². The smallest absolute Gasteiger partial charge is 0.303 e. The molecule has 0 aromatic heterocycles. The molecule has 5 heteroatoms. The summed E-state index contributed by atoms with van der Waals surface area (Å²) in [6.07, 6.45) is 1.75. The second kappa shape index (κ2) is 8.62. The molecule has 0 saturated carbocycles. The lowest BCUT2D eigenvalue weighted by molar-refractivity contribution is -0.138. The Hall–Kier alpha value is -0.970. The maximum Gasteiger partial charge on any atom is 0.303 e. The van der Waals surface area contributed by atoms with E-state index >= 15 is 0 Å². The standard InChI is InChI=1S/C9H15NO3S/c1-2-6-14-7-5-10-8(11)3-4-9(12)13/h2H,1,3-7H2,(H,10,11)(H,12,13). The molecule has 0 aromatic carbocycles. The fourth-order valence-corrected chi connectivity index (χ4v) is 1.32. The largest absolute Gasteiger partial charge is 0.481 e. The van der Waals surface area contributed by atoms with E-state index in [9.17, 15) is 9.59 Å². The zero-order valence-electron chi connectivity index (χ0n) is 7.99. The van der Waals surface area contributed by atoms with Crippen LogP contribution in [-0.4, -0.2) is 35.0 Å². The van der Waals surface area contributed by atoms with E-state index in [4.69, 9.17) is 5.11 Å². The number of nitrogens with one attached hydrogen (secondary N) is 1. The van der Waals surface area contributed by atoms with Crippen LogP contribution in [0.2, 0.25) is 0 Å². The number of thioether (sulfide) groups is 1. The highest BCUT2D eigenvalue weighted by molar-refractivity contribution is 7.99. The van der Waals surface area contributed by atoms with Crippen LogP contribution in [0.25, 0.3) is 0 Å². The van der Waals surface area contributed by atoms with Gasteiger partial charge in [-0.1, -0.05) is 6.08 Å². The van der Waals surface area contributed by atoms with E-state index in [-0.39, 0.29) is 18.7 Å². The summed E-state index contributed by atoms with van der Waals surface area (Å²) in [6.45, 7) is 4.15. The minimum absolute atomic E-state index is 0.0570. The van der Waals surface area contributed by atoms with Crippen molar-refractivity contribution in [2.24, 2.45) is 0 Å². The fourth-order valence-electron chi connectivity index (χ4n) is 0.738. The predicted molar refractivity (Wildman–Crippen MR) is 57.4 cm³/mol. The van der Waals surface area contributed by atoms with E-state index in [2.05, 4.69) is 11.9 Å². The third-order valence-electron chi connectivity index (χ3n) is 1.37. The van der Waals surface area contributed by atoms with Gasteiger partial charge in [-0.3, -0.25) is 9.59 Å². The summed E-state index contributed by atoms with van der Waals surface area (Å²) in [6, 6.07) is 0. The molecule has 0 aliphatic carbocycles. The van der Waals surface area contributed by atoms with E-state index < -0.39 is 5.97 Å². The molecule has 1 amide bonds. The molecule has 0 unspecified atom stereocenters. The molecule has 2 N–H and O–H groups in total. The van der Waals surface area contributed by atoms with Crippen molar-refractivity contribution in [3.63, 3.8) is 0 Å². The van der Waals surface area contributed by atoms with E-state index in [1.165, 1.54) is 0 Å². The molecule has 4 nitrogen and oxygen atoms in total. The average Bonchev–Trinajstić information content (AvgIpc) is 2.14. The molecule has 0 rings (SSSR count). The molecule has 0 aliphatic rings. The van der Waals surface area contributed by atoms with Crippen molar-refractivity contribution in [1.82, 2.24) is 5.32 Å². The van der Waals surface area contributed by atoms with Crippen molar-refractivity contribution in [1.29, 1.82) is 0 Å². The quantitative estimate of drug-likeness (QED) is 0.468. The highest BCUT2D eigenvalue weighted by atomic mass is 32.2. The van der Waals surface area contributed by atoms with Crippen molar-refractivity contribution >= 4 is 23.6 Å². The number of carbonyl (C=O) groups is 2. The van der Waals surface area contributed by atoms with Crippen LogP contribution in [-0.2, 0) is 9.59 Å². The predicted octanol–water partition coefficient (Wildman–Crippen LogP) is 0.887. The molecule has 0 fully saturated rings. The Balaban J connectivity index is 3.26. The fraction of sp³-hybridized carbons (Fsp3) is 0.556. The molecular formula is C9H15NO3S. The van der Waals surface area contributed by atoms with Crippen molar-refractivity contribution in [2.45, 2.75) is 12.8 Å². The Morgan fingerprint density at radius 3 is 2.71 bits per heavy atom. The van der Waals surface area contributed by atoms with E-state index in [1.807, 2.05) is 0 Å². The molecular weight excluding hydrogens is 202 g/mol.